The lowest BCUT2D eigenvalue weighted by atomic mass is 10.1. The summed E-state index contributed by atoms with van der Waals surface area (Å²) in [4.78, 5) is 13.3. The van der Waals surface area contributed by atoms with Crippen LogP contribution in [-0.4, -0.2) is 20.4 Å². The van der Waals surface area contributed by atoms with Crippen molar-refractivity contribution in [3.05, 3.63) is 70.6 Å². The molecule has 0 saturated carbocycles. The zero-order chi connectivity index (χ0) is 21.3. The van der Waals surface area contributed by atoms with Crippen LogP contribution in [0.1, 0.15) is 34.6 Å². The lowest BCUT2D eigenvalue weighted by molar-refractivity contribution is 0.0955. The SMILES string of the molecule is CC(C)NS(=O)(=O)Cc1ccc(CNC(=O)c2cc3sc4ccccc4c3s2)cc1. The number of rotatable bonds is 7. The summed E-state index contributed by atoms with van der Waals surface area (Å²) in [7, 11) is -3.35. The average molecular weight is 459 g/mol. The molecule has 2 aromatic carbocycles. The molecule has 2 aromatic heterocycles. The first-order valence-corrected chi connectivity index (χ1v) is 12.9. The van der Waals surface area contributed by atoms with E-state index in [0.29, 0.717) is 17.0 Å². The van der Waals surface area contributed by atoms with Crippen molar-refractivity contribution >= 4 is 58.1 Å². The van der Waals surface area contributed by atoms with Gasteiger partial charge < -0.3 is 5.32 Å². The summed E-state index contributed by atoms with van der Waals surface area (Å²) in [5.74, 6) is -0.155. The molecule has 8 heteroatoms. The maximum absolute atomic E-state index is 12.6. The van der Waals surface area contributed by atoms with E-state index in [2.05, 4.69) is 22.2 Å². The molecule has 0 aliphatic carbocycles. The molecule has 0 unspecified atom stereocenters. The van der Waals surface area contributed by atoms with E-state index in [0.717, 1.165) is 15.0 Å². The van der Waals surface area contributed by atoms with Crippen molar-refractivity contribution < 1.29 is 13.2 Å². The Balaban J connectivity index is 1.39. The minimum Gasteiger partial charge on any atom is -0.347 e. The van der Waals surface area contributed by atoms with E-state index in [1.165, 1.54) is 21.4 Å². The maximum Gasteiger partial charge on any atom is 0.261 e. The number of hydrogen-bond acceptors (Lipinski definition) is 5. The lowest BCUT2D eigenvalue weighted by Gasteiger charge is -2.10. The Morgan fingerprint density at radius 3 is 2.40 bits per heavy atom. The van der Waals surface area contributed by atoms with E-state index in [-0.39, 0.29) is 17.7 Å². The van der Waals surface area contributed by atoms with Crippen LogP contribution in [0, 0.1) is 0 Å². The van der Waals surface area contributed by atoms with Crippen LogP contribution in [0.3, 0.4) is 0 Å². The molecule has 156 valence electrons. The van der Waals surface area contributed by atoms with Gasteiger partial charge in [-0.3, -0.25) is 4.79 Å². The van der Waals surface area contributed by atoms with Gasteiger partial charge in [0, 0.05) is 27.4 Å². The minimum atomic E-state index is -3.35. The molecule has 0 fully saturated rings. The molecule has 0 aliphatic rings. The third-order valence-corrected chi connectivity index (χ3v) is 8.48. The molecule has 0 radical (unpaired) electrons. The van der Waals surface area contributed by atoms with E-state index in [4.69, 9.17) is 0 Å². The third kappa shape index (κ3) is 4.73. The van der Waals surface area contributed by atoms with Gasteiger partial charge in [0.05, 0.1) is 15.3 Å². The first-order valence-electron chi connectivity index (χ1n) is 9.58. The zero-order valence-corrected chi connectivity index (χ0v) is 19.1. The first-order chi connectivity index (χ1) is 14.3. The topological polar surface area (TPSA) is 75.3 Å². The summed E-state index contributed by atoms with van der Waals surface area (Å²) in [6, 6.07) is 17.3. The van der Waals surface area contributed by atoms with Crippen molar-refractivity contribution in [1.29, 1.82) is 0 Å². The van der Waals surface area contributed by atoms with Gasteiger partial charge in [0.15, 0.2) is 0 Å². The van der Waals surface area contributed by atoms with Crippen LogP contribution in [0.25, 0.3) is 19.5 Å². The van der Waals surface area contributed by atoms with Gasteiger partial charge in [0.2, 0.25) is 10.0 Å². The van der Waals surface area contributed by atoms with Gasteiger partial charge in [-0.05, 0) is 37.1 Å². The molecule has 0 saturated heterocycles. The smallest absolute Gasteiger partial charge is 0.261 e. The van der Waals surface area contributed by atoms with Gasteiger partial charge in [-0.1, -0.05) is 42.5 Å². The number of carbonyl (C=O) groups excluding carboxylic acids is 1. The second kappa shape index (κ2) is 8.47. The standard InChI is InChI=1S/C22H22N2O3S3/c1-14(2)24-30(26,27)13-16-9-7-15(8-10-16)12-23-22(25)20-11-19-21(29-20)17-5-3-4-6-18(17)28-19/h3-11,14,24H,12-13H2,1-2H3,(H,23,25). The molecule has 4 rings (SSSR count). The van der Waals surface area contributed by atoms with Gasteiger partial charge in [0.25, 0.3) is 5.91 Å². The van der Waals surface area contributed by atoms with Crippen LogP contribution in [0.2, 0.25) is 0 Å². The predicted molar refractivity (Wildman–Crippen MR) is 126 cm³/mol. The maximum atomic E-state index is 12.6. The number of hydrogen-bond donors (Lipinski definition) is 2. The second-order valence-electron chi connectivity index (χ2n) is 7.43. The van der Waals surface area contributed by atoms with Gasteiger partial charge in [-0.2, -0.15) is 0 Å². The highest BCUT2D eigenvalue weighted by Gasteiger charge is 2.15. The Morgan fingerprint density at radius 2 is 1.67 bits per heavy atom. The minimum absolute atomic E-state index is 0.0578. The van der Waals surface area contributed by atoms with Gasteiger partial charge in [-0.25, -0.2) is 13.1 Å². The number of nitrogens with one attached hydrogen (secondary N) is 2. The number of sulfonamides is 1. The lowest BCUT2D eigenvalue weighted by Crippen LogP contribution is -2.31. The Labute approximate surface area is 183 Å². The largest absolute Gasteiger partial charge is 0.347 e. The molecule has 0 spiro atoms. The molecule has 30 heavy (non-hydrogen) atoms. The fourth-order valence-electron chi connectivity index (χ4n) is 3.25. The van der Waals surface area contributed by atoms with E-state index >= 15 is 0 Å². The number of thiophene rings is 2. The summed E-state index contributed by atoms with van der Waals surface area (Å²) in [6.45, 7) is 3.98. The van der Waals surface area contributed by atoms with E-state index < -0.39 is 10.0 Å². The summed E-state index contributed by atoms with van der Waals surface area (Å²) < 4.78 is 30.2. The van der Waals surface area contributed by atoms with Crippen molar-refractivity contribution in [2.45, 2.75) is 32.2 Å². The average Bonchev–Trinajstić information content (AvgIpc) is 3.24. The molecule has 0 atom stereocenters. The highest BCUT2D eigenvalue weighted by molar-refractivity contribution is 7.88. The van der Waals surface area contributed by atoms with Crippen LogP contribution in [0.4, 0.5) is 0 Å². The van der Waals surface area contributed by atoms with Crippen molar-refractivity contribution in [3.8, 4) is 0 Å². The van der Waals surface area contributed by atoms with Crippen LogP contribution in [0.15, 0.2) is 54.6 Å². The molecule has 2 heterocycles. The van der Waals surface area contributed by atoms with E-state index in [9.17, 15) is 13.2 Å². The molecule has 0 aliphatic heterocycles. The van der Waals surface area contributed by atoms with Crippen molar-refractivity contribution in [2.75, 3.05) is 0 Å². The monoisotopic (exact) mass is 458 g/mol. The molecule has 5 nitrogen and oxygen atoms in total. The van der Waals surface area contributed by atoms with Crippen LogP contribution in [-0.2, 0) is 22.3 Å². The molecule has 1 amide bonds. The number of benzene rings is 2. The summed E-state index contributed by atoms with van der Waals surface area (Å²) in [5.41, 5.74) is 1.63. The molecule has 4 aromatic rings. The number of amides is 1. The van der Waals surface area contributed by atoms with Gasteiger partial charge in [0.1, 0.15) is 0 Å². The fraction of sp³-hybridized carbons (Fsp3) is 0.227. The predicted octanol–water partition coefficient (Wildman–Crippen LogP) is 4.87. The quantitative estimate of drug-likeness (QED) is 0.415. The Morgan fingerprint density at radius 1 is 0.967 bits per heavy atom. The molecule has 2 N–H and O–H groups in total. The normalized spacial score (nSPS) is 12.1. The zero-order valence-electron chi connectivity index (χ0n) is 16.6. The summed E-state index contributed by atoms with van der Waals surface area (Å²) in [6.07, 6.45) is 0. The Bertz CT molecular complexity index is 1300. The second-order valence-corrected chi connectivity index (χ2v) is 11.3. The number of fused-ring (bicyclic) bond motifs is 3. The van der Waals surface area contributed by atoms with E-state index in [1.807, 2.05) is 30.3 Å². The highest BCUT2D eigenvalue weighted by atomic mass is 32.2. The third-order valence-electron chi connectivity index (χ3n) is 4.52. The molecule has 0 bridgehead atoms. The Hall–Kier alpha value is -2.26. The Kier molecular flexibility index (Phi) is 5.92. The fourth-order valence-corrected chi connectivity index (χ4v) is 7.13. The van der Waals surface area contributed by atoms with Crippen molar-refractivity contribution in [3.63, 3.8) is 0 Å². The summed E-state index contributed by atoms with van der Waals surface area (Å²) in [5, 5.41) is 4.15. The molecular weight excluding hydrogens is 436 g/mol. The van der Waals surface area contributed by atoms with Crippen LogP contribution >= 0.6 is 22.7 Å². The van der Waals surface area contributed by atoms with Crippen LogP contribution < -0.4 is 10.0 Å². The van der Waals surface area contributed by atoms with Gasteiger partial charge >= 0.3 is 0 Å². The van der Waals surface area contributed by atoms with Crippen LogP contribution in [0.5, 0.6) is 0 Å². The van der Waals surface area contributed by atoms with Crippen molar-refractivity contribution in [1.82, 2.24) is 10.0 Å². The summed E-state index contributed by atoms with van der Waals surface area (Å²) >= 11 is 3.22. The van der Waals surface area contributed by atoms with Gasteiger partial charge in [-0.15, -0.1) is 22.7 Å². The van der Waals surface area contributed by atoms with E-state index in [1.54, 1.807) is 37.3 Å². The molecular formula is C22H22N2O3S3. The number of carbonyl (C=O) groups is 1. The first kappa shape index (κ1) is 21.0. The highest BCUT2D eigenvalue weighted by Crippen LogP contribution is 2.39. The van der Waals surface area contributed by atoms with Crippen molar-refractivity contribution in [2.24, 2.45) is 0 Å².